The second kappa shape index (κ2) is 7.43. The fourth-order valence-electron chi connectivity index (χ4n) is 2.32. The molecule has 108 valence electrons. The number of aliphatic hydroxyl groups excluding tert-OH is 1. The summed E-state index contributed by atoms with van der Waals surface area (Å²) < 4.78 is 0. The fourth-order valence-corrected chi connectivity index (χ4v) is 2.98. The van der Waals surface area contributed by atoms with Crippen LogP contribution in [-0.2, 0) is 13.1 Å². The number of thiophene rings is 1. The minimum absolute atomic E-state index is 0.136. The highest BCUT2D eigenvalue weighted by Gasteiger charge is 2.17. The Morgan fingerprint density at radius 1 is 1.20 bits per heavy atom. The summed E-state index contributed by atoms with van der Waals surface area (Å²) in [5.74, 6) is 0.287. The van der Waals surface area contributed by atoms with Gasteiger partial charge >= 0.3 is 0 Å². The molecule has 4 heteroatoms. The van der Waals surface area contributed by atoms with Gasteiger partial charge in [-0.3, -0.25) is 4.90 Å². The maximum absolute atomic E-state index is 9.57. The molecule has 1 unspecified atom stereocenters. The second-order valence-corrected chi connectivity index (χ2v) is 5.73. The molecule has 0 bridgehead atoms. The van der Waals surface area contributed by atoms with Gasteiger partial charge in [-0.15, -0.1) is 0 Å². The average molecular weight is 291 g/mol. The lowest BCUT2D eigenvalue weighted by molar-refractivity contribution is 0.107. The van der Waals surface area contributed by atoms with E-state index < -0.39 is 0 Å². The average Bonchev–Trinajstić information content (AvgIpc) is 2.93. The molecule has 0 aliphatic carbocycles. The number of aliphatic hydroxyl groups is 1. The molecule has 0 fully saturated rings. The Labute approximate surface area is 124 Å². The van der Waals surface area contributed by atoms with Crippen LogP contribution in [0, 0.1) is 0 Å². The first kappa shape index (κ1) is 15.0. The van der Waals surface area contributed by atoms with Crippen LogP contribution in [0.3, 0.4) is 0 Å². The first-order chi connectivity index (χ1) is 9.72. The van der Waals surface area contributed by atoms with Crippen molar-refractivity contribution < 1.29 is 10.2 Å². The first-order valence-corrected chi connectivity index (χ1v) is 7.81. The van der Waals surface area contributed by atoms with Crippen LogP contribution in [0.2, 0.25) is 0 Å². The summed E-state index contributed by atoms with van der Waals surface area (Å²) in [5, 5.41) is 23.3. The molecule has 0 aliphatic rings. The third kappa shape index (κ3) is 4.07. The number of nitrogens with zero attached hydrogens (tertiary/aromatic N) is 1. The quantitative estimate of drug-likeness (QED) is 0.823. The van der Waals surface area contributed by atoms with Gasteiger partial charge in [-0.2, -0.15) is 11.3 Å². The minimum Gasteiger partial charge on any atom is -0.508 e. The van der Waals surface area contributed by atoms with Crippen molar-refractivity contribution in [3.63, 3.8) is 0 Å². The van der Waals surface area contributed by atoms with Crippen LogP contribution in [0.15, 0.2) is 41.1 Å². The van der Waals surface area contributed by atoms with E-state index in [1.54, 1.807) is 23.5 Å². The summed E-state index contributed by atoms with van der Waals surface area (Å²) in [6.45, 7) is 3.78. The molecule has 0 amide bonds. The Bertz CT molecular complexity index is 509. The zero-order valence-corrected chi connectivity index (χ0v) is 12.5. The van der Waals surface area contributed by atoms with Crippen LogP contribution in [0.1, 0.15) is 24.5 Å². The van der Waals surface area contributed by atoms with E-state index in [0.29, 0.717) is 0 Å². The predicted molar refractivity (Wildman–Crippen MR) is 82.8 cm³/mol. The molecular formula is C16H21NO2S. The molecule has 20 heavy (non-hydrogen) atoms. The zero-order chi connectivity index (χ0) is 14.4. The van der Waals surface area contributed by atoms with Crippen molar-refractivity contribution in [2.75, 3.05) is 6.61 Å². The van der Waals surface area contributed by atoms with Crippen LogP contribution >= 0.6 is 11.3 Å². The SMILES string of the molecule is CCC(CO)N(Cc1ccsc1)Cc1cccc(O)c1. The fraction of sp³-hybridized carbons (Fsp3) is 0.375. The zero-order valence-electron chi connectivity index (χ0n) is 11.7. The largest absolute Gasteiger partial charge is 0.508 e. The molecule has 0 radical (unpaired) electrons. The third-order valence-electron chi connectivity index (χ3n) is 3.46. The van der Waals surface area contributed by atoms with Crippen LogP contribution in [0.25, 0.3) is 0 Å². The Kier molecular flexibility index (Phi) is 5.59. The lowest BCUT2D eigenvalue weighted by atomic mass is 10.1. The molecule has 0 saturated carbocycles. The van der Waals surface area contributed by atoms with Gasteiger partial charge in [0, 0.05) is 19.1 Å². The number of phenols is 1. The maximum atomic E-state index is 9.57. The van der Waals surface area contributed by atoms with Crippen molar-refractivity contribution in [2.45, 2.75) is 32.5 Å². The van der Waals surface area contributed by atoms with Crippen molar-refractivity contribution in [3.05, 3.63) is 52.2 Å². The molecule has 1 atom stereocenters. The van der Waals surface area contributed by atoms with E-state index in [0.717, 1.165) is 25.1 Å². The molecular weight excluding hydrogens is 270 g/mol. The molecule has 3 nitrogen and oxygen atoms in total. The van der Waals surface area contributed by atoms with Gasteiger partial charge in [0.2, 0.25) is 0 Å². The molecule has 0 aliphatic heterocycles. The van der Waals surface area contributed by atoms with Crippen molar-refractivity contribution in [1.82, 2.24) is 4.90 Å². The Morgan fingerprint density at radius 2 is 2.00 bits per heavy atom. The predicted octanol–water partition coefficient (Wildman–Crippen LogP) is 3.23. The Morgan fingerprint density at radius 3 is 2.60 bits per heavy atom. The number of phenolic OH excluding ortho intramolecular Hbond substituents is 1. The van der Waals surface area contributed by atoms with E-state index in [4.69, 9.17) is 0 Å². The lowest BCUT2D eigenvalue weighted by Gasteiger charge is -2.29. The van der Waals surface area contributed by atoms with Crippen LogP contribution in [0.5, 0.6) is 5.75 Å². The van der Waals surface area contributed by atoms with Crippen LogP contribution in [-0.4, -0.2) is 27.8 Å². The number of hydrogen-bond donors (Lipinski definition) is 2. The standard InChI is InChI=1S/C16H21NO2S/c1-2-15(11-18)17(10-14-6-7-20-12-14)9-13-4-3-5-16(19)8-13/h3-8,12,15,18-19H,2,9-11H2,1H3. The Hall–Kier alpha value is -1.36. The summed E-state index contributed by atoms with van der Waals surface area (Å²) in [6, 6.07) is 9.57. The molecule has 2 aromatic rings. The van der Waals surface area contributed by atoms with Crippen molar-refractivity contribution in [2.24, 2.45) is 0 Å². The second-order valence-electron chi connectivity index (χ2n) is 4.95. The molecule has 0 saturated heterocycles. The Balaban J connectivity index is 2.13. The van der Waals surface area contributed by atoms with Gasteiger partial charge in [0.15, 0.2) is 0 Å². The highest BCUT2D eigenvalue weighted by Crippen LogP contribution is 2.19. The van der Waals surface area contributed by atoms with E-state index >= 15 is 0 Å². The van der Waals surface area contributed by atoms with Crippen LogP contribution in [0.4, 0.5) is 0 Å². The van der Waals surface area contributed by atoms with E-state index in [1.807, 2.05) is 12.1 Å². The van der Waals surface area contributed by atoms with Gasteiger partial charge in [0.05, 0.1) is 6.61 Å². The summed E-state index contributed by atoms with van der Waals surface area (Å²) >= 11 is 1.69. The minimum atomic E-state index is 0.136. The van der Waals surface area contributed by atoms with Crippen LogP contribution < -0.4 is 0 Å². The number of benzene rings is 1. The normalized spacial score (nSPS) is 12.8. The van der Waals surface area contributed by atoms with Gasteiger partial charge in [-0.1, -0.05) is 19.1 Å². The molecule has 1 aromatic heterocycles. The first-order valence-electron chi connectivity index (χ1n) is 6.86. The number of rotatable bonds is 7. The van der Waals surface area contributed by atoms with E-state index in [1.165, 1.54) is 5.56 Å². The lowest BCUT2D eigenvalue weighted by Crippen LogP contribution is -2.36. The van der Waals surface area contributed by atoms with Gasteiger partial charge in [0.25, 0.3) is 0 Å². The molecule has 0 spiro atoms. The topological polar surface area (TPSA) is 43.7 Å². The highest BCUT2D eigenvalue weighted by molar-refractivity contribution is 7.07. The number of hydrogen-bond acceptors (Lipinski definition) is 4. The smallest absolute Gasteiger partial charge is 0.115 e. The van der Waals surface area contributed by atoms with E-state index in [2.05, 4.69) is 28.7 Å². The summed E-state index contributed by atoms with van der Waals surface area (Å²) in [4.78, 5) is 2.26. The summed E-state index contributed by atoms with van der Waals surface area (Å²) in [6.07, 6.45) is 0.902. The van der Waals surface area contributed by atoms with E-state index in [-0.39, 0.29) is 18.4 Å². The highest BCUT2D eigenvalue weighted by atomic mass is 32.1. The van der Waals surface area contributed by atoms with Gasteiger partial charge in [0.1, 0.15) is 5.75 Å². The molecule has 2 N–H and O–H groups in total. The van der Waals surface area contributed by atoms with Gasteiger partial charge < -0.3 is 10.2 Å². The van der Waals surface area contributed by atoms with Crippen molar-refractivity contribution in [1.29, 1.82) is 0 Å². The van der Waals surface area contributed by atoms with Gasteiger partial charge in [-0.05, 0) is 46.5 Å². The summed E-state index contributed by atoms with van der Waals surface area (Å²) in [7, 11) is 0. The van der Waals surface area contributed by atoms with E-state index in [9.17, 15) is 10.2 Å². The van der Waals surface area contributed by atoms with Gasteiger partial charge in [-0.25, -0.2) is 0 Å². The monoisotopic (exact) mass is 291 g/mol. The molecule has 2 rings (SSSR count). The summed E-state index contributed by atoms with van der Waals surface area (Å²) in [5.41, 5.74) is 2.33. The molecule has 1 aromatic carbocycles. The number of aromatic hydroxyl groups is 1. The van der Waals surface area contributed by atoms with Crippen molar-refractivity contribution in [3.8, 4) is 5.75 Å². The third-order valence-corrected chi connectivity index (χ3v) is 4.19. The van der Waals surface area contributed by atoms with Crippen molar-refractivity contribution >= 4 is 11.3 Å². The maximum Gasteiger partial charge on any atom is 0.115 e. The molecule has 1 heterocycles.